The van der Waals surface area contributed by atoms with Crippen molar-refractivity contribution >= 4 is 17.4 Å². The molecule has 1 aliphatic heterocycles. The van der Waals surface area contributed by atoms with Gasteiger partial charge in [-0.2, -0.15) is 0 Å². The second-order valence-electron chi connectivity index (χ2n) is 5.00. The van der Waals surface area contributed by atoms with Crippen LogP contribution in [0.1, 0.15) is 24.8 Å². The summed E-state index contributed by atoms with van der Waals surface area (Å²) in [6, 6.07) is 5.66. The van der Waals surface area contributed by atoms with Gasteiger partial charge in [-0.15, -0.1) is 0 Å². The molecule has 1 saturated heterocycles. The molecule has 1 heterocycles. The van der Waals surface area contributed by atoms with Crippen LogP contribution in [-0.4, -0.2) is 37.0 Å². The number of amidine groups is 1. The minimum absolute atomic E-state index is 0.0143. The standard InChI is InChI=1S/C14H20ClN3O/c1-18-7-3-2-4-11(18)9-19-13-6-5-10(14(16)17)8-12(13)15/h5-6,8,11H,2-4,7,9H2,1H3,(H3,16,17). The van der Waals surface area contributed by atoms with Crippen LogP contribution in [0.4, 0.5) is 0 Å². The molecule has 1 aromatic rings. The maximum atomic E-state index is 7.36. The summed E-state index contributed by atoms with van der Waals surface area (Å²) in [6.45, 7) is 1.78. The zero-order valence-corrected chi connectivity index (χ0v) is 11.9. The molecule has 3 N–H and O–H groups in total. The SMILES string of the molecule is CN1CCCCC1COc1ccc(C(=N)N)cc1Cl. The Hall–Kier alpha value is -1.26. The minimum atomic E-state index is 0.0143. The summed E-state index contributed by atoms with van der Waals surface area (Å²) in [7, 11) is 2.13. The van der Waals surface area contributed by atoms with Crippen molar-refractivity contribution in [1.82, 2.24) is 4.90 Å². The number of hydrogen-bond donors (Lipinski definition) is 2. The van der Waals surface area contributed by atoms with Crippen molar-refractivity contribution in [1.29, 1.82) is 5.41 Å². The van der Waals surface area contributed by atoms with Gasteiger partial charge in [-0.05, 0) is 44.6 Å². The van der Waals surface area contributed by atoms with E-state index in [-0.39, 0.29) is 5.84 Å². The van der Waals surface area contributed by atoms with Gasteiger partial charge in [0.25, 0.3) is 0 Å². The van der Waals surface area contributed by atoms with Crippen LogP contribution in [0.25, 0.3) is 0 Å². The molecule has 0 bridgehead atoms. The Morgan fingerprint density at radius 1 is 1.53 bits per heavy atom. The van der Waals surface area contributed by atoms with Crippen molar-refractivity contribution in [3.8, 4) is 5.75 Å². The molecule has 19 heavy (non-hydrogen) atoms. The lowest BCUT2D eigenvalue weighted by Gasteiger charge is -2.32. The van der Waals surface area contributed by atoms with Crippen molar-refractivity contribution in [3.05, 3.63) is 28.8 Å². The van der Waals surface area contributed by atoms with Gasteiger partial charge in [-0.3, -0.25) is 5.41 Å². The number of nitrogen functional groups attached to an aromatic ring is 1. The summed E-state index contributed by atoms with van der Waals surface area (Å²) in [5, 5.41) is 7.87. The van der Waals surface area contributed by atoms with E-state index in [1.54, 1.807) is 18.2 Å². The smallest absolute Gasteiger partial charge is 0.138 e. The van der Waals surface area contributed by atoms with Gasteiger partial charge >= 0.3 is 0 Å². The number of benzene rings is 1. The molecular formula is C14H20ClN3O. The number of nitrogens with zero attached hydrogens (tertiary/aromatic N) is 1. The molecule has 4 nitrogen and oxygen atoms in total. The van der Waals surface area contributed by atoms with E-state index < -0.39 is 0 Å². The van der Waals surface area contributed by atoms with Crippen molar-refractivity contribution in [2.45, 2.75) is 25.3 Å². The molecule has 0 spiro atoms. The molecule has 1 aromatic carbocycles. The molecule has 1 aliphatic rings. The summed E-state index contributed by atoms with van der Waals surface area (Å²) >= 11 is 6.14. The van der Waals surface area contributed by atoms with Crippen LogP contribution in [0.2, 0.25) is 5.02 Å². The molecule has 0 aromatic heterocycles. The average molecular weight is 282 g/mol. The van der Waals surface area contributed by atoms with Gasteiger partial charge < -0.3 is 15.4 Å². The van der Waals surface area contributed by atoms with Crippen molar-refractivity contribution in [3.63, 3.8) is 0 Å². The van der Waals surface area contributed by atoms with Crippen LogP contribution in [0.15, 0.2) is 18.2 Å². The summed E-state index contributed by atoms with van der Waals surface area (Å²) in [5.74, 6) is 0.672. The Kier molecular flexibility index (Phi) is 4.66. The van der Waals surface area contributed by atoms with Gasteiger partial charge in [0.15, 0.2) is 0 Å². The summed E-state index contributed by atoms with van der Waals surface area (Å²) in [4.78, 5) is 2.33. The van der Waals surface area contributed by atoms with E-state index in [0.717, 1.165) is 6.54 Å². The number of piperidine rings is 1. The number of hydrogen-bond acceptors (Lipinski definition) is 3. The Bertz CT molecular complexity index is 464. The predicted octanol–water partition coefficient (Wildman–Crippen LogP) is 2.49. The lowest BCUT2D eigenvalue weighted by Crippen LogP contribution is -2.40. The van der Waals surface area contributed by atoms with Gasteiger partial charge in [-0.1, -0.05) is 18.0 Å². The van der Waals surface area contributed by atoms with E-state index in [0.29, 0.717) is 29.0 Å². The highest BCUT2D eigenvalue weighted by Crippen LogP contribution is 2.26. The monoisotopic (exact) mass is 281 g/mol. The molecule has 2 rings (SSSR count). The molecule has 0 radical (unpaired) electrons. The number of nitrogens with two attached hydrogens (primary N) is 1. The number of nitrogens with one attached hydrogen (secondary N) is 1. The number of halogens is 1. The van der Waals surface area contributed by atoms with Crippen LogP contribution in [0.5, 0.6) is 5.75 Å². The summed E-state index contributed by atoms with van der Waals surface area (Å²) < 4.78 is 5.80. The number of likely N-dealkylation sites (tertiary alicyclic amines) is 1. The van der Waals surface area contributed by atoms with Gasteiger partial charge in [0.05, 0.1) is 5.02 Å². The lowest BCUT2D eigenvalue weighted by molar-refractivity contribution is 0.125. The Labute approximate surface area is 119 Å². The highest BCUT2D eigenvalue weighted by atomic mass is 35.5. The van der Waals surface area contributed by atoms with Crippen LogP contribution in [-0.2, 0) is 0 Å². The number of rotatable bonds is 4. The fourth-order valence-electron chi connectivity index (χ4n) is 2.33. The second-order valence-corrected chi connectivity index (χ2v) is 5.41. The Morgan fingerprint density at radius 3 is 2.95 bits per heavy atom. The first kappa shape index (κ1) is 14.2. The second kappa shape index (κ2) is 6.26. The zero-order chi connectivity index (χ0) is 13.8. The van der Waals surface area contributed by atoms with E-state index in [4.69, 9.17) is 27.5 Å². The number of likely N-dealkylation sites (N-methyl/N-ethyl adjacent to an activating group) is 1. The van der Waals surface area contributed by atoms with E-state index in [2.05, 4.69) is 11.9 Å². The third-order valence-electron chi connectivity index (χ3n) is 3.60. The summed E-state index contributed by atoms with van der Waals surface area (Å²) in [5.41, 5.74) is 6.04. The maximum absolute atomic E-state index is 7.36. The number of ether oxygens (including phenoxy) is 1. The van der Waals surface area contributed by atoms with E-state index in [9.17, 15) is 0 Å². The highest BCUT2D eigenvalue weighted by Gasteiger charge is 2.19. The van der Waals surface area contributed by atoms with Gasteiger partial charge in [0.2, 0.25) is 0 Å². The first-order valence-electron chi connectivity index (χ1n) is 6.55. The fraction of sp³-hybridized carbons (Fsp3) is 0.500. The van der Waals surface area contributed by atoms with Gasteiger partial charge in [-0.25, -0.2) is 0 Å². The first-order valence-corrected chi connectivity index (χ1v) is 6.92. The van der Waals surface area contributed by atoms with Gasteiger partial charge in [0, 0.05) is 11.6 Å². The molecule has 0 saturated carbocycles. The third kappa shape index (κ3) is 3.61. The van der Waals surface area contributed by atoms with E-state index in [1.165, 1.54) is 19.3 Å². The van der Waals surface area contributed by atoms with Crippen molar-refractivity contribution in [2.24, 2.45) is 5.73 Å². The van der Waals surface area contributed by atoms with Gasteiger partial charge in [0.1, 0.15) is 18.2 Å². The Morgan fingerprint density at radius 2 is 2.32 bits per heavy atom. The molecule has 1 fully saturated rings. The lowest BCUT2D eigenvalue weighted by atomic mass is 10.0. The van der Waals surface area contributed by atoms with Crippen molar-refractivity contribution < 1.29 is 4.74 Å². The molecule has 1 unspecified atom stereocenters. The molecule has 0 amide bonds. The highest BCUT2D eigenvalue weighted by molar-refractivity contribution is 6.32. The van der Waals surface area contributed by atoms with Crippen LogP contribution in [0, 0.1) is 5.41 Å². The fourth-order valence-corrected chi connectivity index (χ4v) is 2.56. The molecule has 5 heteroatoms. The maximum Gasteiger partial charge on any atom is 0.138 e. The molecule has 1 atom stereocenters. The predicted molar refractivity (Wildman–Crippen MR) is 78.2 cm³/mol. The van der Waals surface area contributed by atoms with Crippen LogP contribution < -0.4 is 10.5 Å². The van der Waals surface area contributed by atoms with E-state index in [1.807, 2.05) is 0 Å². The van der Waals surface area contributed by atoms with Crippen LogP contribution >= 0.6 is 11.6 Å². The largest absolute Gasteiger partial charge is 0.490 e. The normalized spacial score (nSPS) is 20.2. The molecular weight excluding hydrogens is 262 g/mol. The van der Waals surface area contributed by atoms with E-state index >= 15 is 0 Å². The topological polar surface area (TPSA) is 62.3 Å². The summed E-state index contributed by atoms with van der Waals surface area (Å²) in [6.07, 6.45) is 3.69. The molecule has 0 aliphatic carbocycles. The van der Waals surface area contributed by atoms with Crippen LogP contribution in [0.3, 0.4) is 0 Å². The average Bonchev–Trinajstić information content (AvgIpc) is 2.39. The zero-order valence-electron chi connectivity index (χ0n) is 11.2. The third-order valence-corrected chi connectivity index (χ3v) is 3.89. The molecule has 104 valence electrons. The van der Waals surface area contributed by atoms with Crippen molar-refractivity contribution in [2.75, 3.05) is 20.2 Å². The first-order chi connectivity index (χ1) is 9.08. The Balaban J connectivity index is 1.97. The quantitative estimate of drug-likeness (QED) is 0.658. The minimum Gasteiger partial charge on any atom is -0.490 e.